The third kappa shape index (κ3) is 2.10. The molecule has 2 aromatic heterocycles. The lowest BCUT2D eigenvalue weighted by Crippen LogP contribution is -2.46. The van der Waals surface area contributed by atoms with Gasteiger partial charge >= 0.3 is 0 Å². The molecular weight excluding hydrogens is 272 g/mol. The topological polar surface area (TPSA) is 123 Å². The van der Waals surface area contributed by atoms with Crippen molar-refractivity contribution in [1.82, 2.24) is 25.0 Å². The van der Waals surface area contributed by atoms with Crippen molar-refractivity contribution in [2.75, 3.05) is 12.3 Å². The van der Waals surface area contributed by atoms with E-state index < -0.39 is 0 Å². The van der Waals surface area contributed by atoms with Gasteiger partial charge in [-0.1, -0.05) is 19.1 Å². The molecule has 1 fully saturated rings. The van der Waals surface area contributed by atoms with Gasteiger partial charge in [0.1, 0.15) is 0 Å². The molecule has 0 spiro atoms. The number of nitrogens with zero attached hydrogens (tertiary/aromatic N) is 4. The number of aromatic amines is 1. The van der Waals surface area contributed by atoms with Crippen LogP contribution in [0, 0.1) is 11.3 Å². The van der Waals surface area contributed by atoms with E-state index in [9.17, 15) is 4.79 Å². The number of aliphatic hydroxyl groups is 1. The van der Waals surface area contributed by atoms with E-state index in [0.717, 1.165) is 19.3 Å². The van der Waals surface area contributed by atoms with Gasteiger partial charge in [-0.2, -0.15) is 4.98 Å². The quantitative estimate of drug-likeness (QED) is 0.752. The molecule has 0 aromatic carbocycles. The number of H-pyrrole nitrogens is 1. The fourth-order valence-electron chi connectivity index (χ4n) is 3.30. The van der Waals surface area contributed by atoms with E-state index in [1.807, 2.05) is 0 Å². The molecule has 2 aromatic rings. The number of aromatic nitrogens is 5. The van der Waals surface area contributed by atoms with Crippen LogP contribution in [0.4, 0.5) is 5.95 Å². The lowest BCUT2D eigenvalue weighted by Gasteiger charge is -2.52. The first-order valence-electron chi connectivity index (χ1n) is 7.16. The first-order chi connectivity index (χ1) is 9.95. The minimum atomic E-state index is -0.363. The van der Waals surface area contributed by atoms with Gasteiger partial charge in [-0.05, 0) is 30.6 Å². The van der Waals surface area contributed by atoms with E-state index in [0.29, 0.717) is 11.6 Å². The second-order valence-electron chi connectivity index (χ2n) is 6.29. The summed E-state index contributed by atoms with van der Waals surface area (Å²) >= 11 is 0. The summed E-state index contributed by atoms with van der Waals surface area (Å²) in [7, 11) is 0. The lowest BCUT2D eigenvalue weighted by molar-refractivity contribution is -0.0235. The summed E-state index contributed by atoms with van der Waals surface area (Å²) in [6.07, 6.45) is 2.74. The molecule has 1 saturated carbocycles. The van der Waals surface area contributed by atoms with Crippen molar-refractivity contribution in [2.24, 2.45) is 11.3 Å². The molecule has 21 heavy (non-hydrogen) atoms. The highest BCUT2D eigenvalue weighted by atomic mass is 16.2. The average Bonchev–Trinajstić information content (AvgIpc) is 2.81. The van der Waals surface area contributed by atoms with Crippen molar-refractivity contribution in [3.63, 3.8) is 0 Å². The van der Waals surface area contributed by atoms with Crippen LogP contribution in [0.25, 0.3) is 11.2 Å². The van der Waals surface area contributed by atoms with E-state index in [1.165, 1.54) is 0 Å². The largest absolute Gasteiger partial charge is 0.396 e. The Balaban J connectivity index is 1.94. The third-order valence-corrected chi connectivity index (χ3v) is 4.78. The first kappa shape index (κ1) is 14.0. The highest BCUT2D eigenvalue weighted by Gasteiger charge is 2.49. The van der Waals surface area contributed by atoms with Crippen LogP contribution >= 0.6 is 0 Å². The number of nitrogen functional groups attached to an aromatic ring is 1. The summed E-state index contributed by atoms with van der Waals surface area (Å²) in [6, 6.07) is 0.139. The summed E-state index contributed by atoms with van der Waals surface area (Å²) < 4.78 is 1.72. The maximum Gasteiger partial charge on any atom is 0.282 e. The normalized spacial score (nSPS) is 24.1. The SMILES string of the molecule is CC1(C)[C@@H](CCCO)C[C@H]1n1nnc2c(=O)[nH]c(N)nc21. The molecule has 3 rings (SSSR count). The molecule has 114 valence electrons. The Bertz CT molecular complexity index is 719. The Morgan fingerprint density at radius 3 is 2.95 bits per heavy atom. The fraction of sp³-hybridized carbons (Fsp3) is 0.692. The van der Waals surface area contributed by atoms with Gasteiger partial charge in [0.15, 0.2) is 11.2 Å². The summed E-state index contributed by atoms with van der Waals surface area (Å²) in [4.78, 5) is 18.4. The second-order valence-corrected chi connectivity index (χ2v) is 6.29. The number of nitrogens with two attached hydrogens (primary N) is 1. The van der Waals surface area contributed by atoms with Crippen molar-refractivity contribution in [2.45, 2.75) is 39.2 Å². The van der Waals surface area contributed by atoms with Gasteiger partial charge in [-0.25, -0.2) is 4.68 Å². The van der Waals surface area contributed by atoms with Gasteiger partial charge in [0.05, 0.1) is 6.04 Å². The second kappa shape index (κ2) is 4.80. The van der Waals surface area contributed by atoms with Crippen LogP contribution in [0.2, 0.25) is 0 Å². The Morgan fingerprint density at radius 1 is 1.52 bits per heavy atom. The predicted octanol–water partition coefficient (Wildman–Crippen LogP) is 0.456. The maximum atomic E-state index is 11.8. The Hall–Kier alpha value is -1.96. The van der Waals surface area contributed by atoms with Crippen LogP contribution < -0.4 is 11.3 Å². The third-order valence-electron chi connectivity index (χ3n) is 4.78. The van der Waals surface area contributed by atoms with Crippen LogP contribution in [0.1, 0.15) is 39.2 Å². The van der Waals surface area contributed by atoms with Crippen molar-refractivity contribution in [3.8, 4) is 0 Å². The van der Waals surface area contributed by atoms with E-state index in [-0.39, 0.29) is 35.1 Å². The molecule has 0 saturated heterocycles. The molecule has 1 aliphatic carbocycles. The number of hydrogen-bond acceptors (Lipinski definition) is 6. The predicted molar refractivity (Wildman–Crippen MR) is 77.6 cm³/mol. The molecule has 0 unspecified atom stereocenters. The van der Waals surface area contributed by atoms with Crippen LogP contribution in [0.15, 0.2) is 4.79 Å². The van der Waals surface area contributed by atoms with Crippen LogP contribution in [-0.2, 0) is 0 Å². The number of rotatable bonds is 4. The van der Waals surface area contributed by atoms with Gasteiger partial charge in [-0.3, -0.25) is 9.78 Å². The summed E-state index contributed by atoms with van der Waals surface area (Å²) in [5, 5.41) is 17.0. The standard InChI is InChI=1S/C13H20N6O2/c1-13(2)7(4-3-5-20)6-8(13)19-10-9(17-18-19)11(21)16-12(14)15-10/h7-8,20H,3-6H2,1-2H3,(H3,14,15,16,21)/t7-,8+/m0/s1. The van der Waals surface area contributed by atoms with Gasteiger partial charge in [0.25, 0.3) is 5.56 Å². The summed E-state index contributed by atoms with van der Waals surface area (Å²) in [5.74, 6) is 0.596. The minimum absolute atomic E-state index is 0.0227. The molecule has 0 bridgehead atoms. The van der Waals surface area contributed by atoms with Crippen molar-refractivity contribution >= 4 is 17.1 Å². The van der Waals surface area contributed by atoms with Crippen LogP contribution in [0.3, 0.4) is 0 Å². The molecule has 0 aliphatic heterocycles. The molecular formula is C13H20N6O2. The summed E-state index contributed by atoms with van der Waals surface area (Å²) in [5.41, 5.74) is 5.93. The molecule has 4 N–H and O–H groups in total. The molecule has 0 amide bonds. The van der Waals surface area contributed by atoms with Gasteiger partial charge in [0.2, 0.25) is 5.95 Å². The average molecular weight is 292 g/mol. The zero-order chi connectivity index (χ0) is 15.2. The number of aliphatic hydroxyl groups excluding tert-OH is 1. The van der Waals surface area contributed by atoms with Crippen molar-refractivity contribution in [1.29, 1.82) is 0 Å². The number of fused-ring (bicyclic) bond motifs is 1. The highest BCUT2D eigenvalue weighted by molar-refractivity contribution is 5.69. The van der Waals surface area contributed by atoms with E-state index in [4.69, 9.17) is 10.8 Å². The molecule has 8 nitrogen and oxygen atoms in total. The van der Waals surface area contributed by atoms with Crippen LogP contribution in [0.5, 0.6) is 0 Å². The minimum Gasteiger partial charge on any atom is -0.396 e. The highest BCUT2D eigenvalue weighted by Crippen LogP contribution is 2.56. The van der Waals surface area contributed by atoms with Gasteiger partial charge in [-0.15, -0.1) is 5.10 Å². The molecule has 2 atom stereocenters. The van der Waals surface area contributed by atoms with Gasteiger partial charge in [0, 0.05) is 6.61 Å². The zero-order valence-electron chi connectivity index (χ0n) is 12.2. The van der Waals surface area contributed by atoms with E-state index >= 15 is 0 Å². The van der Waals surface area contributed by atoms with E-state index in [1.54, 1.807) is 4.68 Å². The smallest absolute Gasteiger partial charge is 0.282 e. The first-order valence-corrected chi connectivity index (χ1v) is 7.16. The van der Waals surface area contributed by atoms with Crippen LogP contribution in [-0.4, -0.2) is 36.7 Å². The van der Waals surface area contributed by atoms with E-state index in [2.05, 4.69) is 34.1 Å². The van der Waals surface area contributed by atoms with Gasteiger partial charge < -0.3 is 10.8 Å². The lowest BCUT2D eigenvalue weighted by atomic mass is 9.57. The maximum absolute atomic E-state index is 11.8. The summed E-state index contributed by atoms with van der Waals surface area (Å²) in [6.45, 7) is 4.57. The molecule has 0 radical (unpaired) electrons. The monoisotopic (exact) mass is 292 g/mol. The zero-order valence-corrected chi connectivity index (χ0v) is 12.2. The molecule has 2 heterocycles. The van der Waals surface area contributed by atoms with Crippen molar-refractivity contribution < 1.29 is 5.11 Å². The number of nitrogens with one attached hydrogen (secondary N) is 1. The van der Waals surface area contributed by atoms with Crippen molar-refractivity contribution in [3.05, 3.63) is 10.4 Å². The Labute approximate surface area is 121 Å². The number of hydrogen-bond donors (Lipinski definition) is 3. The Kier molecular flexibility index (Phi) is 3.20. The Morgan fingerprint density at radius 2 is 2.29 bits per heavy atom. The molecule has 8 heteroatoms. The number of anilines is 1. The fourth-order valence-corrected chi connectivity index (χ4v) is 3.30. The molecule has 1 aliphatic rings.